The van der Waals surface area contributed by atoms with Gasteiger partial charge in [0.05, 0.1) is 0 Å². The van der Waals surface area contributed by atoms with Gasteiger partial charge in [0.1, 0.15) is 0 Å². The molecule has 0 aliphatic carbocycles. The van der Waals surface area contributed by atoms with E-state index in [0.717, 1.165) is 18.4 Å². The van der Waals surface area contributed by atoms with E-state index >= 15 is 0 Å². The molecule has 1 aliphatic heterocycles. The Bertz CT molecular complexity index is 208. The van der Waals surface area contributed by atoms with E-state index in [1.165, 1.54) is 45.7 Å². The number of hydrogen-bond acceptors (Lipinski definition) is 3. The van der Waals surface area contributed by atoms with Crippen molar-refractivity contribution < 1.29 is 0 Å². The first-order valence-corrected chi connectivity index (χ1v) is 7.66. The van der Waals surface area contributed by atoms with Crippen LogP contribution in [-0.2, 0) is 0 Å². The van der Waals surface area contributed by atoms with E-state index in [4.69, 9.17) is 5.73 Å². The zero-order valence-corrected chi connectivity index (χ0v) is 12.9. The Labute approximate surface area is 114 Å². The molecule has 2 N–H and O–H groups in total. The van der Waals surface area contributed by atoms with Gasteiger partial charge >= 0.3 is 0 Å². The lowest BCUT2D eigenvalue weighted by molar-refractivity contribution is 0.106. The summed E-state index contributed by atoms with van der Waals surface area (Å²) in [5.41, 5.74) is 5.89. The van der Waals surface area contributed by atoms with Crippen molar-refractivity contribution in [3.05, 3.63) is 0 Å². The fraction of sp³-hybridized carbons (Fsp3) is 1.00. The van der Waals surface area contributed by atoms with Crippen molar-refractivity contribution in [2.24, 2.45) is 23.5 Å². The molecule has 108 valence electrons. The van der Waals surface area contributed by atoms with Crippen LogP contribution in [0.1, 0.15) is 34.1 Å². The quantitative estimate of drug-likeness (QED) is 0.754. The number of piperazine rings is 1. The summed E-state index contributed by atoms with van der Waals surface area (Å²) in [5.74, 6) is 2.23. The maximum Gasteiger partial charge on any atom is 0.0110 e. The highest BCUT2D eigenvalue weighted by Crippen LogP contribution is 2.14. The second-order valence-corrected chi connectivity index (χ2v) is 6.73. The molecule has 0 bridgehead atoms. The molecule has 3 nitrogen and oxygen atoms in total. The van der Waals surface area contributed by atoms with Crippen LogP contribution in [0.2, 0.25) is 0 Å². The summed E-state index contributed by atoms with van der Waals surface area (Å²) < 4.78 is 0. The summed E-state index contributed by atoms with van der Waals surface area (Å²) in [7, 11) is 0. The minimum Gasteiger partial charge on any atom is -0.330 e. The smallest absolute Gasteiger partial charge is 0.0110 e. The molecule has 0 amide bonds. The lowest BCUT2D eigenvalue weighted by Gasteiger charge is -2.37. The van der Waals surface area contributed by atoms with E-state index in [2.05, 4.69) is 37.5 Å². The molecule has 0 aromatic carbocycles. The molecular formula is C15H33N3. The first kappa shape index (κ1) is 15.9. The number of hydrogen-bond donors (Lipinski definition) is 1. The van der Waals surface area contributed by atoms with Crippen LogP contribution in [0.3, 0.4) is 0 Å². The van der Waals surface area contributed by atoms with Crippen LogP contribution in [0.15, 0.2) is 0 Å². The van der Waals surface area contributed by atoms with Crippen molar-refractivity contribution in [1.29, 1.82) is 0 Å². The number of nitrogens with two attached hydrogens (primary N) is 1. The SMILES string of the molecule is CC(C)CC(CN)CN1CCN(CC(C)C)CC1. The molecule has 0 radical (unpaired) electrons. The van der Waals surface area contributed by atoms with E-state index in [1.807, 2.05) is 0 Å². The zero-order valence-electron chi connectivity index (χ0n) is 12.9. The summed E-state index contributed by atoms with van der Waals surface area (Å²) in [6, 6.07) is 0. The van der Waals surface area contributed by atoms with E-state index < -0.39 is 0 Å². The van der Waals surface area contributed by atoms with Crippen molar-refractivity contribution in [2.45, 2.75) is 34.1 Å². The Morgan fingerprint density at radius 3 is 1.72 bits per heavy atom. The summed E-state index contributed by atoms with van der Waals surface area (Å²) in [4.78, 5) is 5.21. The Balaban J connectivity index is 2.25. The van der Waals surface area contributed by atoms with Crippen LogP contribution in [0.4, 0.5) is 0 Å². The van der Waals surface area contributed by atoms with Crippen LogP contribution in [0.25, 0.3) is 0 Å². The highest BCUT2D eigenvalue weighted by Gasteiger charge is 2.20. The van der Waals surface area contributed by atoms with Crippen LogP contribution < -0.4 is 5.73 Å². The van der Waals surface area contributed by atoms with Crippen LogP contribution >= 0.6 is 0 Å². The van der Waals surface area contributed by atoms with Gasteiger partial charge in [-0.2, -0.15) is 0 Å². The first-order valence-electron chi connectivity index (χ1n) is 7.66. The third-order valence-corrected chi connectivity index (χ3v) is 3.74. The van der Waals surface area contributed by atoms with Gasteiger partial charge < -0.3 is 15.5 Å². The fourth-order valence-electron chi connectivity index (χ4n) is 2.95. The van der Waals surface area contributed by atoms with Crippen molar-refractivity contribution in [3.8, 4) is 0 Å². The predicted octanol–water partition coefficient (Wildman–Crippen LogP) is 1.88. The molecule has 0 aromatic heterocycles. The summed E-state index contributed by atoms with van der Waals surface area (Å²) >= 11 is 0. The van der Waals surface area contributed by atoms with E-state index in [-0.39, 0.29) is 0 Å². The van der Waals surface area contributed by atoms with Gasteiger partial charge in [-0.25, -0.2) is 0 Å². The van der Waals surface area contributed by atoms with Gasteiger partial charge in [-0.3, -0.25) is 0 Å². The molecule has 1 saturated heterocycles. The molecule has 1 fully saturated rings. The molecule has 1 atom stereocenters. The molecule has 3 heteroatoms. The Morgan fingerprint density at radius 2 is 1.33 bits per heavy atom. The minimum atomic E-state index is 0.682. The Morgan fingerprint density at radius 1 is 0.833 bits per heavy atom. The second-order valence-electron chi connectivity index (χ2n) is 6.73. The molecule has 1 rings (SSSR count). The predicted molar refractivity (Wildman–Crippen MR) is 79.7 cm³/mol. The topological polar surface area (TPSA) is 32.5 Å². The molecule has 1 aliphatic rings. The van der Waals surface area contributed by atoms with Crippen molar-refractivity contribution in [1.82, 2.24) is 9.80 Å². The van der Waals surface area contributed by atoms with Crippen molar-refractivity contribution in [3.63, 3.8) is 0 Å². The first-order chi connectivity index (χ1) is 8.51. The monoisotopic (exact) mass is 255 g/mol. The molecule has 1 heterocycles. The van der Waals surface area contributed by atoms with Gasteiger partial charge in [0, 0.05) is 39.3 Å². The van der Waals surface area contributed by atoms with Gasteiger partial charge in [-0.05, 0) is 30.7 Å². The summed E-state index contributed by atoms with van der Waals surface area (Å²) in [6.07, 6.45) is 1.27. The van der Waals surface area contributed by atoms with Gasteiger partial charge in [0.2, 0.25) is 0 Å². The molecule has 0 saturated carbocycles. The Hall–Kier alpha value is -0.120. The largest absolute Gasteiger partial charge is 0.330 e. The van der Waals surface area contributed by atoms with Crippen LogP contribution in [0.5, 0.6) is 0 Å². The van der Waals surface area contributed by atoms with Gasteiger partial charge in [0.25, 0.3) is 0 Å². The molecule has 0 spiro atoms. The lowest BCUT2D eigenvalue weighted by Crippen LogP contribution is -2.49. The van der Waals surface area contributed by atoms with Crippen LogP contribution in [0, 0.1) is 17.8 Å². The second kappa shape index (κ2) is 8.13. The molecular weight excluding hydrogens is 222 g/mol. The zero-order chi connectivity index (χ0) is 13.5. The highest BCUT2D eigenvalue weighted by atomic mass is 15.3. The normalized spacial score (nSPS) is 20.8. The fourth-order valence-corrected chi connectivity index (χ4v) is 2.95. The number of nitrogens with zero attached hydrogens (tertiary/aromatic N) is 2. The third-order valence-electron chi connectivity index (χ3n) is 3.74. The third kappa shape index (κ3) is 6.17. The highest BCUT2D eigenvalue weighted by molar-refractivity contribution is 4.76. The minimum absolute atomic E-state index is 0.682. The average Bonchev–Trinajstić information content (AvgIpc) is 2.29. The standard InChI is InChI=1S/C15H33N3/c1-13(2)9-15(10-16)12-18-7-5-17(6-8-18)11-14(3)4/h13-15H,5-12,16H2,1-4H3. The number of rotatable bonds is 7. The van der Waals surface area contributed by atoms with E-state index in [1.54, 1.807) is 0 Å². The lowest BCUT2D eigenvalue weighted by atomic mass is 9.96. The summed E-state index contributed by atoms with van der Waals surface area (Å²) in [6.45, 7) is 17.4. The molecule has 0 aromatic rings. The van der Waals surface area contributed by atoms with E-state index in [9.17, 15) is 0 Å². The van der Waals surface area contributed by atoms with Gasteiger partial charge in [-0.15, -0.1) is 0 Å². The Kier molecular flexibility index (Phi) is 7.20. The van der Waals surface area contributed by atoms with Crippen molar-refractivity contribution in [2.75, 3.05) is 45.8 Å². The average molecular weight is 255 g/mol. The molecule has 18 heavy (non-hydrogen) atoms. The van der Waals surface area contributed by atoms with Gasteiger partial charge in [0.15, 0.2) is 0 Å². The summed E-state index contributed by atoms with van der Waals surface area (Å²) in [5, 5.41) is 0. The maximum atomic E-state index is 5.89. The molecule has 1 unspecified atom stereocenters. The maximum absolute atomic E-state index is 5.89. The van der Waals surface area contributed by atoms with Crippen LogP contribution in [-0.4, -0.2) is 55.6 Å². The van der Waals surface area contributed by atoms with Crippen molar-refractivity contribution >= 4 is 0 Å². The van der Waals surface area contributed by atoms with Gasteiger partial charge in [-0.1, -0.05) is 27.7 Å². The van der Waals surface area contributed by atoms with E-state index in [0.29, 0.717) is 5.92 Å².